The van der Waals surface area contributed by atoms with Crippen LogP contribution in [-0.4, -0.2) is 53.0 Å². The van der Waals surface area contributed by atoms with E-state index in [0.29, 0.717) is 50.5 Å². The number of carbonyl (C=O) groups is 1. The molecule has 3 rings (SSSR count). The molecule has 1 saturated heterocycles. The first kappa shape index (κ1) is 20.6. The summed E-state index contributed by atoms with van der Waals surface area (Å²) in [4.78, 5) is 21.2. The predicted octanol–water partition coefficient (Wildman–Crippen LogP) is 3.56. The van der Waals surface area contributed by atoms with Gasteiger partial charge in [0.25, 0.3) is 5.91 Å². The highest BCUT2D eigenvalue weighted by atomic mass is 16.5. The third-order valence-corrected chi connectivity index (χ3v) is 5.50. The second-order valence-electron chi connectivity index (χ2n) is 7.62. The summed E-state index contributed by atoms with van der Waals surface area (Å²) in [6, 6.07) is 6.94. The standard InChI is InChI=1S/C22H31N3O3/c1-5-18(4)25(13-19-12-16(2)6-7-17(19)3)14-21-23-20(15-28-21)22(26)24-8-10-27-11-9-24/h6-7,12,15,18H,5,8-11,13-14H2,1-4H3. The molecule has 152 valence electrons. The molecular formula is C22H31N3O3. The van der Waals surface area contributed by atoms with Crippen molar-refractivity contribution in [2.45, 2.75) is 53.2 Å². The summed E-state index contributed by atoms with van der Waals surface area (Å²) >= 11 is 0. The maximum absolute atomic E-state index is 12.6. The third kappa shape index (κ3) is 5.00. The molecule has 0 spiro atoms. The minimum atomic E-state index is -0.0806. The Hall–Kier alpha value is -2.18. The molecule has 1 aliphatic rings. The number of morpholine rings is 1. The van der Waals surface area contributed by atoms with Gasteiger partial charge >= 0.3 is 0 Å². The van der Waals surface area contributed by atoms with Crippen molar-refractivity contribution in [2.24, 2.45) is 0 Å². The summed E-state index contributed by atoms with van der Waals surface area (Å²) in [5.74, 6) is 0.505. The molecular weight excluding hydrogens is 354 g/mol. The van der Waals surface area contributed by atoms with Crippen LogP contribution >= 0.6 is 0 Å². The monoisotopic (exact) mass is 385 g/mol. The molecule has 0 radical (unpaired) electrons. The second kappa shape index (κ2) is 9.34. The second-order valence-corrected chi connectivity index (χ2v) is 7.62. The number of ether oxygens (including phenoxy) is 1. The van der Waals surface area contributed by atoms with Crippen LogP contribution in [0.1, 0.15) is 53.3 Å². The lowest BCUT2D eigenvalue weighted by Gasteiger charge is -2.28. The minimum absolute atomic E-state index is 0.0806. The van der Waals surface area contributed by atoms with Crippen molar-refractivity contribution in [1.82, 2.24) is 14.8 Å². The number of nitrogens with zero attached hydrogens (tertiary/aromatic N) is 3. The number of carbonyl (C=O) groups excluding carboxylic acids is 1. The summed E-state index contributed by atoms with van der Waals surface area (Å²) in [6.07, 6.45) is 2.52. The fraction of sp³-hybridized carbons (Fsp3) is 0.545. The van der Waals surface area contributed by atoms with Crippen LogP contribution in [0.2, 0.25) is 0 Å². The van der Waals surface area contributed by atoms with Crippen LogP contribution in [-0.2, 0) is 17.8 Å². The Morgan fingerprint density at radius 1 is 1.25 bits per heavy atom. The molecule has 0 bridgehead atoms. The Bertz CT molecular complexity index is 796. The van der Waals surface area contributed by atoms with Crippen LogP contribution in [0.15, 0.2) is 28.9 Å². The van der Waals surface area contributed by atoms with E-state index >= 15 is 0 Å². The molecule has 28 heavy (non-hydrogen) atoms. The average molecular weight is 386 g/mol. The highest BCUT2D eigenvalue weighted by Crippen LogP contribution is 2.19. The molecule has 1 atom stereocenters. The molecule has 0 saturated carbocycles. The summed E-state index contributed by atoms with van der Waals surface area (Å²) in [5.41, 5.74) is 4.25. The van der Waals surface area contributed by atoms with E-state index in [2.05, 4.69) is 55.8 Å². The number of aryl methyl sites for hydroxylation is 2. The summed E-state index contributed by atoms with van der Waals surface area (Å²) in [5, 5.41) is 0. The molecule has 1 fully saturated rings. The Kier molecular flexibility index (Phi) is 6.86. The molecule has 1 unspecified atom stereocenters. The van der Waals surface area contributed by atoms with Gasteiger partial charge in [0.15, 0.2) is 5.69 Å². The van der Waals surface area contributed by atoms with Gasteiger partial charge in [-0.05, 0) is 38.3 Å². The Labute approximate surface area is 167 Å². The zero-order valence-electron chi connectivity index (χ0n) is 17.4. The maximum atomic E-state index is 12.6. The van der Waals surface area contributed by atoms with Gasteiger partial charge in [-0.15, -0.1) is 0 Å². The van der Waals surface area contributed by atoms with E-state index in [0.717, 1.165) is 13.0 Å². The quantitative estimate of drug-likeness (QED) is 0.729. The van der Waals surface area contributed by atoms with Gasteiger partial charge in [0.1, 0.15) is 6.26 Å². The van der Waals surface area contributed by atoms with Crippen molar-refractivity contribution in [3.05, 3.63) is 52.7 Å². The van der Waals surface area contributed by atoms with E-state index in [4.69, 9.17) is 9.15 Å². The molecule has 0 N–H and O–H groups in total. The van der Waals surface area contributed by atoms with Crippen molar-refractivity contribution < 1.29 is 13.9 Å². The SMILES string of the molecule is CCC(C)N(Cc1nc(C(=O)N2CCOCC2)co1)Cc1cc(C)ccc1C. The number of amides is 1. The summed E-state index contributed by atoms with van der Waals surface area (Å²) in [6.45, 7) is 12.4. The molecule has 1 amide bonds. The lowest BCUT2D eigenvalue weighted by atomic mass is 10.0. The van der Waals surface area contributed by atoms with E-state index in [1.165, 1.54) is 23.0 Å². The predicted molar refractivity (Wildman–Crippen MR) is 108 cm³/mol. The minimum Gasteiger partial charge on any atom is -0.447 e. The normalized spacial score (nSPS) is 15.8. The molecule has 0 aliphatic carbocycles. The van der Waals surface area contributed by atoms with Crippen LogP contribution in [0, 0.1) is 13.8 Å². The van der Waals surface area contributed by atoms with E-state index in [1.54, 1.807) is 4.90 Å². The summed E-state index contributed by atoms with van der Waals surface area (Å²) in [7, 11) is 0. The zero-order valence-corrected chi connectivity index (χ0v) is 17.4. The fourth-order valence-corrected chi connectivity index (χ4v) is 3.40. The van der Waals surface area contributed by atoms with Crippen LogP contribution in [0.4, 0.5) is 0 Å². The van der Waals surface area contributed by atoms with Crippen LogP contribution in [0.3, 0.4) is 0 Å². The largest absolute Gasteiger partial charge is 0.447 e. The highest BCUT2D eigenvalue weighted by Gasteiger charge is 2.23. The van der Waals surface area contributed by atoms with Gasteiger partial charge in [-0.1, -0.05) is 30.7 Å². The average Bonchev–Trinajstić information content (AvgIpc) is 3.18. The first-order valence-electron chi connectivity index (χ1n) is 10.1. The summed E-state index contributed by atoms with van der Waals surface area (Å²) < 4.78 is 11.0. The number of rotatable bonds is 7. The maximum Gasteiger partial charge on any atom is 0.275 e. The van der Waals surface area contributed by atoms with Gasteiger partial charge in [-0.2, -0.15) is 0 Å². The lowest BCUT2D eigenvalue weighted by molar-refractivity contribution is 0.0299. The first-order valence-corrected chi connectivity index (χ1v) is 10.1. The zero-order chi connectivity index (χ0) is 20.1. The first-order chi connectivity index (χ1) is 13.5. The van der Waals surface area contributed by atoms with Crippen molar-refractivity contribution in [3.8, 4) is 0 Å². The van der Waals surface area contributed by atoms with E-state index in [1.807, 2.05) is 0 Å². The van der Waals surface area contributed by atoms with Gasteiger partial charge in [0.05, 0.1) is 19.8 Å². The van der Waals surface area contributed by atoms with E-state index < -0.39 is 0 Å². The molecule has 1 aromatic carbocycles. The van der Waals surface area contributed by atoms with E-state index in [-0.39, 0.29) is 5.91 Å². The smallest absolute Gasteiger partial charge is 0.275 e. The third-order valence-electron chi connectivity index (χ3n) is 5.50. The molecule has 6 heteroatoms. The number of hydrogen-bond acceptors (Lipinski definition) is 5. The topological polar surface area (TPSA) is 58.8 Å². The number of aromatic nitrogens is 1. The van der Waals surface area contributed by atoms with Gasteiger partial charge in [0.2, 0.25) is 5.89 Å². The Morgan fingerprint density at radius 2 is 2.00 bits per heavy atom. The highest BCUT2D eigenvalue weighted by molar-refractivity contribution is 5.92. The van der Waals surface area contributed by atoms with Gasteiger partial charge < -0.3 is 14.1 Å². The van der Waals surface area contributed by atoms with Crippen LogP contribution in [0.5, 0.6) is 0 Å². The molecule has 2 heterocycles. The fourth-order valence-electron chi connectivity index (χ4n) is 3.40. The number of oxazole rings is 1. The Morgan fingerprint density at radius 3 is 2.71 bits per heavy atom. The van der Waals surface area contributed by atoms with Gasteiger partial charge in [0, 0.05) is 25.7 Å². The van der Waals surface area contributed by atoms with Crippen molar-refractivity contribution >= 4 is 5.91 Å². The molecule has 2 aromatic rings. The Balaban J connectivity index is 1.72. The van der Waals surface area contributed by atoms with Crippen LogP contribution < -0.4 is 0 Å². The lowest BCUT2D eigenvalue weighted by Crippen LogP contribution is -2.40. The van der Waals surface area contributed by atoms with Crippen molar-refractivity contribution in [2.75, 3.05) is 26.3 Å². The molecule has 1 aliphatic heterocycles. The van der Waals surface area contributed by atoms with Crippen molar-refractivity contribution in [3.63, 3.8) is 0 Å². The van der Waals surface area contributed by atoms with Crippen LogP contribution in [0.25, 0.3) is 0 Å². The van der Waals surface area contributed by atoms with Crippen molar-refractivity contribution in [1.29, 1.82) is 0 Å². The van der Waals surface area contributed by atoms with Gasteiger partial charge in [-0.3, -0.25) is 9.69 Å². The number of hydrogen-bond donors (Lipinski definition) is 0. The number of benzene rings is 1. The van der Waals surface area contributed by atoms with E-state index in [9.17, 15) is 4.79 Å². The van der Waals surface area contributed by atoms with Gasteiger partial charge in [-0.25, -0.2) is 4.98 Å². The molecule has 6 nitrogen and oxygen atoms in total. The molecule has 1 aromatic heterocycles.